The van der Waals surface area contributed by atoms with Crippen molar-refractivity contribution in [2.45, 2.75) is 161 Å². The van der Waals surface area contributed by atoms with Gasteiger partial charge >= 0.3 is 0 Å². The fourth-order valence-corrected chi connectivity index (χ4v) is 6.30. The summed E-state index contributed by atoms with van der Waals surface area (Å²) in [5, 5.41) is 0.180. The largest absolute Gasteiger partial charge is 0.414 e. The zero-order valence-corrected chi connectivity index (χ0v) is 30.6. The van der Waals surface area contributed by atoms with Crippen molar-refractivity contribution in [1.82, 2.24) is 0 Å². The third-order valence-corrected chi connectivity index (χ3v) is 13.9. The summed E-state index contributed by atoms with van der Waals surface area (Å²) in [5.74, 6) is 0. The molecule has 0 radical (unpaired) electrons. The van der Waals surface area contributed by atoms with Crippen molar-refractivity contribution in [3.05, 3.63) is 60.2 Å². The lowest BCUT2D eigenvalue weighted by atomic mass is 10.0. The lowest BCUT2D eigenvalue weighted by molar-refractivity contribution is -0.0476. The number of unbranched alkanes of at least 4 members (excludes halogenated alkanes) is 15. The van der Waals surface area contributed by atoms with E-state index < -0.39 is 8.32 Å². The first-order chi connectivity index (χ1) is 21.2. The van der Waals surface area contributed by atoms with Gasteiger partial charge in [0.25, 0.3) is 0 Å². The second kappa shape index (κ2) is 22.9. The summed E-state index contributed by atoms with van der Waals surface area (Å²) in [4.78, 5) is 0. The van der Waals surface area contributed by atoms with E-state index in [9.17, 15) is 0 Å². The molecule has 2 aromatic carbocycles. The zero-order valence-electron chi connectivity index (χ0n) is 29.6. The molecular weight excluding hydrogens is 557 g/mol. The van der Waals surface area contributed by atoms with Gasteiger partial charge in [-0.3, -0.25) is 0 Å². The van der Waals surface area contributed by atoms with Crippen molar-refractivity contribution in [2.24, 2.45) is 0 Å². The van der Waals surface area contributed by atoms with Crippen LogP contribution in [0.25, 0.3) is 11.1 Å². The van der Waals surface area contributed by atoms with Crippen LogP contribution < -0.4 is 0 Å². The lowest BCUT2D eigenvalue weighted by Crippen LogP contribution is -2.43. The van der Waals surface area contributed by atoms with Gasteiger partial charge in [0.1, 0.15) is 6.10 Å². The highest BCUT2D eigenvalue weighted by atomic mass is 28.4. The summed E-state index contributed by atoms with van der Waals surface area (Å²) in [6.07, 6.45) is 22.1. The summed E-state index contributed by atoms with van der Waals surface area (Å²) in [6, 6.07) is 19.2. The van der Waals surface area contributed by atoms with Crippen LogP contribution in [0.15, 0.2) is 54.6 Å². The van der Waals surface area contributed by atoms with E-state index in [1.54, 1.807) is 0 Å². The van der Waals surface area contributed by atoms with Crippen molar-refractivity contribution in [2.75, 3.05) is 19.8 Å². The summed E-state index contributed by atoms with van der Waals surface area (Å²) in [7, 11) is -1.85. The van der Waals surface area contributed by atoms with E-state index in [4.69, 9.17) is 13.9 Å². The maximum Gasteiger partial charge on any atom is 0.192 e. The normalized spacial score (nSPS) is 13.0. The van der Waals surface area contributed by atoms with Crippen molar-refractivity contribution < 1.29 is 13.9 Å². The average molecular weight is 625 g/mol. The lowest BCUT2D eigenvalue weighted by Gasteiger charge is -2.37. The highest BCUT2D eigenvalue weighted by Crippen LogP contribution is 2.36. The first-order valence-corrected chi connectivity index (χ1v) is 21.1. The molecule has 4 heteroatoms. The van der Waals surface area contributed by atoms with Gasteiger partial charge in [0.15, 0.2) is 8.32 Å². The van der Waals surface area contributed by atoms with Crippen LogP contribution in [0, 0.1) is 0 Å². The van der Waals surface area contributed by atoms with Crippen LogP contribution in [0.2, 0.25) is 18.1 Å². The van der Waals surface area contributed by atoms with E-state index in [-0.39, 0.29) is 11.1 Å². The fraction of sp³-hybridized carbons (Fsp3) is 0.700. The molecule has 2 rings (SSSR count). The molecule has 250 valence electrons. The van der Waals surface area contributed by atoms with Gasteiger partial charge in [0.05, 0.1) is 19.8 Å². The van der Waals surface area contributed by atoms with Gasteiger partial charge in [-0.15, -0.1) is 0 Å². The molecule has 0 aliphatic heterocycles. The van der Waals surface area contributed by atoms with Crippen molar-refractivity contribution in [3.8, 4) is 11.1 Å². The minimum Gasteiger partial charge on any atom is -0.414 e. The standard InChI is InChI=1S/C40H68O3Si/c1-7-8-9-10-11-12-13-14-15-16-17-18-19-20-21-25-32-41-34-39(35-43-44(5,6)40(2,3)4)42-33-36-28-30-38(31-29-36)37-26-23-22-24-27-37/h22-24,26-31,39H,7-21,25,32-35H2,1-6H3/t39-/m1/s1. The first kappa shape index (κ1) is 38.7. The van der Waals surface area contributed by atoms with E-state index in [0.29, 0.717) is 19.8 Å². The van der Waals surface area contributed by atoms with Gasteiger partial charge in [-0.25, -0.2) is 0 Å². The Morgan fingerprint density at radius 1 is 0.591 bits per heavy atom. The molecule has 0 saturated heterocycles. The molecule has 0 fully saturated rings. The molecule has 2 aromatic rings. The van der Waals surface area contributed by atoms with E-state index in [1.807, 2.05) is 0 Å². The molecule has 0 bridgehead atoms. The maximum absolute atomic E-state index is 6.54. The Bertz CT molecular complexity index is 935. The Balaban J connectivity index is 1.60. The van der Waals surface area contributed by atoms with Gasteiger partial charge in [-0.2, -0.15) is 0 Å². The number of rotatable bonds is 26. The quantitative estimate of drug-likeness (QED) is 0.0770. The topological polar surface area (TPSA) is 27.7 Å². The Hall–Kier alpha value is -1.46. The Morgan fingerprint density at radius 2 is 1.07 bits per heavy atom. The van der Waals surface area contributed by atoms with Gasteiger partial charge in [-0.1, -0.05) is 179 Å². The van der Waals surface area contributed by atoms with Crippen LogP contribution in [-0.2, 0) is 20.5 Å². The Labute approximate surface area is 274 Å². The average Bonchev–Trinajstić information content (AvgIpc) is 3.01. The van der Waals surface area contributed by atoms with Crippen LogP contribution in [0.1, 0.15) is 136 Å². The monoisotopic (exact) mass is 624 g/mol. The smallest absolute Gasteiger partial charge is 0.192 e. The molecule has 0 spiro atoms. The van der Waals surface area contributed by atoms with Gasteiger partial charge < -0.3 is 13.9 Å². The van der Waals surface area contributed by atoms with Crippen LogP contribution in [0.4, 0.5) is 0 Å². The highest BCUT2D eigenvalue weighted by Gasteiger charge is 2.37. The van der Waals surface area contributed by atoms with E-state index in [1.165, 1.54) is 113 Å². The molecular formula is C40H68O3Si. The third-order valence-electron chi connectivity index (χ3n) is 9.43. The molecule has 1 atom stereocenters. The molecule has 44 heavy (non-hydrogen) atoms. The molecule has 0 unspecified atom stereocenters. The van der Waals surface area contributed by atoms with E-state index in [2.05, 4.69) is 95.4 Å². The van der Waals surface area contributed by atoms with Gasteiger partial charge in [0.2, 0.25) is 0 Å². The van der Waals surface area contributed by atoms with E-state index >= 15 is 0 Å². The van der Waals surface area contributed by atoms with Crippen LogP contribution >= 0.6 is 0 Å². The second-order valence-corrected chi connectivity index (χ2v) is 19.3. The SMILES string of the molecule is CCCCCCCCCCCCCCCCCCOC[C@H](CO[Si](C)(C)C(C)(C)C)OCc1ccc(-c2ccccc2)cc1. The fourth-order valence-electron chi connectivity index (χ4n) is 5.27. The maximum atomic E-state index is 6.54. The molecule has 0 aliphatic rings. The van der Waals surface area contributed by atoms with Crippen LogP contribution in [0.3, 0.4) is 0 Å². The number of hydrogen-bond acceptors (Lipinski definition) is 3. The number of ether oxygens (including phenoxy) is 2. The molecule has 0 aromatic heterocycles. The summed E-state index contributed by atoms with van der Waals surface area (Å²) in [5.41, 5.74) is 3.65. The Morgan fingerprint density at radius 3 is 1.57 bits per heavy atom. The highest BCUT2D eigenvalue weighted by molar-refractivity contribution is 6.74. The molecule has 3 nitrogen and oxygen atoms in total. The second-order valence-electron chi connectivity index (χ2n) is 14.4. The minimum atomic E-state index is -1.85. The number of hydrogen-bond donors (Lipinski definition) is 0. The molecule has 0 saturated carbocycles. The van der Waals surface area contributed by atoms with Crippen molar-refractivity contribution in [1.29, 1.82) is 0 Å². The van der Waals surface area contributed by atoms with Crippen molar-refractivity contribution >= 4 is 8.32 Å². The number of benzene rings is 2. The minimum absolute atomic E-state index is 0.0565. The predicted molar refractivity (Wildman–Crippen MR) is 194 cm³/mol. The molecule has 0 amide bonds. The van der Waals surface area contributed by atoms with Crippen LogP contribution in [-0.4, -0.2) is 34.2 Å². The van der Waals surface area contributed by atoms with E-state index in [0.717, 1.165) is 13.0 Å². The molecule has 0 N–H and O–H groups in total. The first-order valence-electron chi connectivity index (χ1n) is 18.2. The Kier molecular flexibility index (Phi) is 20.2. The molecule has 0 aliphatic carbocycles. The molecule has 0 heterocycles. The summed E-state index contributed by atoms with van der Waals surface area (Å²) >= 11 is 0. The van der Waals surface area contributed by atoms with Crippen LogP contribution in [0.5, 0.6) is 0 Å². The van der Waals surface area contributed by atoms with Gasteiger partial charge in [-0.05, 0) is 41.2 Å². The van der Waals surface area contributed by atoms with Crippen molar-refractivity contribution in [3.63, 3.8) is 0 Å². The zero-order chi connectivity index (χ0) is 31.9. The summed E-state index contributed by atoms with van der Waals surface area (Å²) < 4.78 is 19.1. The van der Waals surface area contributed by atoms with Gasteiger partial charge in [0, 0.05) is 6.61 Å². The summed E-state index contributed by atoms with van der Waals surface area (Å²) in [6.45, 7) is 16.3. The predicted octanol–water partition coefficient (Wildman–Crippen LogP) is 12.5. The third kappa shape index (κ3) is 17.3.